The zero-order valence-corrected chi connectivity index (χ0v) is 27.4. The van der Waals surface area contributed by atoms with Crippen molar-refractivity contribution in [2.75, 3.05) is 93.1 Å². The van der Waals surface area contributed by atoms with Crippen molar-refractivity contribution in [3.05, 3.63) is 47.5 Å². The molecule has 0 amide bonds. The van der Waals surface area contributed by atoms with Crippen LogP contribution in [0.3, 0.4) is 0 Å². The average Bonchev–Trinajstić information content (AvgIpc) is 3.07. The number of methoxy groups -OCH3 is 2. The summed E-state index contributed by atoms with van der Waals surface area (Å²) in [6.45, 7) is 12.9. The maximum absolute atomic E-state index is 13.2. The number of ketones is 2. The minimum atomic E-state index is -1.07. The van der Waals surface area contributed by atoms with E-state index < -0.39 is 5.41 Å². The molecule has 10 nitrogen and oxygen atoms in total. The van der Waals surface area contributed by atoms with E-state index in [1.54, 1.807) is 28.1 Å². The maximum Gasteiger partial charge on any atom is 0.161 e. The lowest BCUT2D eigenvalue weighted by Gasteiger charge is -2.26. The first-order valence-corrected chi connectivity index (χ1v) is 16.1. The average molecular weight is 627 g/mol. The third-order valence-electron chi connectivity index (χ3n) is 8.67. The molecule has 0 aliphatic carbocycles. The van der Waals surface area contributed by atoms with E-state index in [-0.39, 0.29) is 24.4 Å². The lowest BCUT2D eigenvalue weighted by molar-refractivity contribution is -0.138. The van der Waals surface area contributed by atoms with Crippen LogP contribution in [0.5, 0.6) is 23.0 Å². The molecule has 0 unspecified atom stereocenters. The van der Waals surface area contributed by atoms with Gasteiger partial charge in [0.25, 0.3) is 0 Å². The zero-order chi connectivity index (χ0) is 32.1. The van der Waals surface area contributed by atoms with Gasteiger partial charge in [-0.3, -0.25) is 19.4 Å². The number of nitrogens with zero attached hydrogens (tertiary/aromatic N) is 2. The monoisotopic (exact) mass is 626 g/mol. The minimum Gasteiger partial charge on any atom is -0.493 e. The molecule has 2 aliphatic rings. The van der Waals surface area contributed by atoms with Crippen molar-refractivity contribution in [2.45, 2.75) is 39.5 Å². The van der Waals surface area contributed by atoms with E-state index in [0.29, 0.717) is 49.1 Å². The van der Waals surface area contributed by atoms with Gasteiger partial charge in [-0.05, 0) is 62.1 Å². The molecular weight excluding hydrogens is 576 g/mol. The van der Waals surface area contributed by atoms with Crippen molar-refractivity contribution in [3.63, 3.8) is 0 Å². The van der Waals surface area contributed by atoms with Gasteiger partial charge in [-0.25, -0.2) is 0 Å². The molecule has 2 aromatic carbocycles. The number of benzene rings is 2. The third-order valence-corrected chi connectivity index (χ3v) is 8.67. The van der Waals surface area contributed by atoms with E-state index >= 15 is 0 Å². The van der Waals surface area contributed by atoms with E-state index in [4.69, 9.17) is 28.4 Å². The summed E-state index contributed by atoms with van der Waals surface area (Å²) in [4.78, 5) is 31.1. The molecular formula is C35H50N2O8. The van der Waals surface area contributed by atoms with Crippen LogP contribution in [0.15, 0.2) is 36.4 Å². The fraction of sp³-hybridized carbons (Fsp3) is 0.600. The van der Waals surface area contributed by atoms with Crippen LogP contribution in [-0.2, 0) is 31.9 Å². The van der Waals surface area contributed by atoms with Gasteiger partial charge >= 0.3 is 0 Å². The SMILES string of the molecule is COc1cc(CCC(=O)C(C)(C)C(=O)CCc2ccc(OCCN3CCOCC3)c(OC)c2)ccc1OCCN1CCOCC1. The first-order chi connectivity index (χ1) is 21.8. The van der Waals surface area contributed by atoms with Crippen molar-refractivity contribution < 1.29 is 38.0 Å². The van der Waals surface area contributed by atoms with Crippen LogP contribution in [0.4, 0.5) is 0 Å². The standard InChI is InChI=1S/C35H50N2O8/c1-35(2,33(38)11-7-27-5-9-29(31(25-27)40-3)44-23-17-36-13-19-42-20-14-36)34(39)12-8-28-6-10-30(32(26-28)41-4)45-24-18-37-15-21-43-22-16-37/h5-6,9-10,25-26H,7-8,11-24H2,1-4H3. The van der Waals surface area contributed by atoms with E-state index in [0.717, 1.165) is 76.8 Å². The summed E-state index contributed by atoms with van der Waals surface area (Å²) in [5.41, 5.74) is 0.853. The number of ether oxygens (including phenoxy) is 6. The van der Waals surface area contributed by atoms with Crippen LogP contribution in [0.2, 0.25) is 0 Å². The van der Waals surface area contributed by atoms with E-state index in [9.17, 15) is 9.59 Å². The number of carbonyl (C=O) groups is 2. The summed E-state index contributed by atoms with van der Waals surface area (Å²) in [6.07, 6.45) is 1.57. The summed E-state index contributed by atoms with van der Waals surface area (Å²) < 4.78 is 33.9. The molecule has 2 heterocycles. The molecule has 2 aromatic rings. The molecule has 0 saturated carbocycles. The largest absolute Gasteiger partial charge is 0.493 e. The van der Waals surface area contributed by atoms with Crippen molar-refractivity contribution in [1.29, 1.82) is 0 Å². The quantitative estimate of drug-likeness (QED) is 0.227. The van der Waals surface area contributed by atoms with Crippen molar-refractivity contribution in [3.8, 4) is 23.0 Å². The molecule has 0 radical (unpaired) electrons. The normalized spacial score (nSPS) is 16.3. The van der Waals surface area contributed by atoms with E-state index in [2.05, 4.69) is 9.80 Å². The Morgan fingerprint density at radius 3 is 1.44 bits per heavy atom. The molecule has 45 heavy (non-hydrogen) atoms. The van der Waals surface area contributed by atoms with Gasteiger partial charge in [0.05, 0.1) is 46.1 Å². The van der Waals surface area contributed by atoms with Gasteiger partial charge in [-0.1, -0.05) is 12.1 Å². The highest BCUT2D eigenvalue weighted by atomic mass is 16.5. The molecule has 248 valence electrons. The molecule has 0 N–H and O–H groups in total. The van der Waals surface area contributed by atoms with E-state index in [1.807, 2.05) is 36.4 Å². The van der Waals surface area contributed by atoms with Gasteiger partial charge in [0.15, 0.2) is 23.0 Å². The number of morpholine rings is 2. The smallest absolute Gasteiger partial charge is 0.161 e. The molecule has 0 bridgehead atoms. The summed E-state index contributed by atoms with van der Waals surface area (Å²) in [5.74, 6) is 2.50. The Labute approximate surface area is 267 Å². The highest BCUT2D eigenvalue weighted by molar-refractivity contribution is 6.06. The van der Waals surface area contributed by atoms with Crippen molar-refractivity contribution in [2.24, 2.45) is 5.41 Å². The van der Waals surface area contributed by atoms with Gasteiger partial charge in [0.1, 0.15) is 24.8 Å². The number of rotatable bonds is 18. The Kier molecular flexibility index (Phi) is 13.5. The zero-order valence-electron chi connectivity index (χ0n) is 27.4. The second kappa shape index (κ2) is 17.5. The van der Waals surface area contributed by atoms with Crippen LogP contribution < -0.4 is 18.9 Å². The first-order valence-electron chi connectivity index (χ1n) is 16.1. The van der Waals surface area contributed by atoms with Gasteiger partial charge < -0.3 is 28.4 Å². The second-order valence-electron chi connectivity index (χ2n) is 12.0. The number of aryl methyl sites for hydroxylation is 2. The fourth-order valence-electron chi connectivity index (χ4n) is 5.49. The lowest BCUT2D eigenvalue weighted by Crippen LogP contribution is -2.38. The molecule has 0 aromatic heterocycles. The number of hydrogen-bond donors (Lipinski definition) is 0. The molecule has 2 fully saturated rings. The van der Waals surface area contributed by atoms with Crippen molar-refractivity contribution in [1.82, 2.24) is 9.80 Å². The lowest BCUT2D eigenvalue weighted by atomic mass is 9.79. The Bertz CT molecular complexity index is 1140. The Morgan fingerprint density at radius 1 is 0.667 bits per heavy atom. The second-order valence-corrected chi connectivity index (χ2v) is 12.0. The van der Waals surface area contributed by atoms with Crippen LogP contribution in [0.25, 0.3) is 0 Å². The highest BCUT2D eigenvalue weighted by Crippen LogP contribution is 2.31. The number of carbonyl (C=O) groups excluding carboxylic acids is 2. The molecule has 10 heteroatoms. The van der Waals surface area contributed by atoms with Gasteiger partial charge in [-0.2, -0.15) is 0 Å². The van der Waals surface area contributed by atoms with Crippen LogP contribution in [0.1, 0.15) is 37.8 Å². The fourth-order valence-corrected chi connectivity index (χ4v) is 5.49. The van der Waals surface area contributed by atoms with Crippen LogP contribution in [-0.4, -0.2) is 114 Å². The van der Waals surface area contributed by atoms with Gasteiger partial charge in [0, 0.05) is 52.1 Å². The summed E-state index contributed by atoms with van der Waals surface area (Å²) in [5, 5.41) is 0. The molecule has 0 atom stereocenters. The Hall–Kier alpha value is -3.18. The highest BCUT2D eigenvalue weighted by Gasteiger charge is 2.34. The molecule has 0 spiro atoms. The van der Waals surface area contributed by atoms with Crippen LogP contribution >= 0.6 is 0 Å². The Balaban J connectivity index is 1.22. The maximum atomic E-state index is 13.2. The summed E-state index contributed by atoms with van der Waals surface area (Å²) >= 11 is 0. The topological polar surface area (TPSA) is 96.0 Å². The number of hydrogen-bond acceptors (Lipinski definition) is 10. The predicted octanol–water partition coefficient (Wildman–Crippen LogP) is 3.86. The first kappa shape index (κ1) is 34.7. The van der Waals surface area contributed by atoms with E-state index in [1.165, 1.54) is 0 Å². The summed E-state index contributed by atoms with van der Waals surface area (Å²) in [6, 6.07) is 11.5. The van der Waals surface area contributed by atoms with Gasteiger partial charge in [0.2, 0.25) is 0 Å². The third kappa shape index (κ3) is 10.4. The summed E-state index contributed by atoms with van der Waals surface area (Å²) in [7, 11) is 3.23. The Morgan fingerprint density at radius 2 is 1.07 bits per heavy atom. The van der Waals surface area contributed by atoms with Crippen molar-refractivity contribution >= 4 is 11.6 Å². The predicted molar refractivity (Wildman–Crippen MR) is 172 cm³/mol. The molecule has 2 saturated heterocycles. The molecule has 4 rings (SSSR count). The number of Topliss-reactive ketones (excluding diaryl/α,β-unsaturated/α-hetero) is 2. The van der Waals surface area contributed by atoms with Gasteiger partial charge in [-0.15, -0.1) is 0 Å². The minimum absolute atomic E-state index is 0.0705. The van der Waals surface area contributed by atoms with Crippen LogP contribution in [0, 0.1) is 5.41 Å². The molecule has 2 aliphatic heterocycles.